The fourth-order valence-electron chi connectivity index (χ4n) is 2.10. The van der Waals surface area contributed by atoms with Gasteiger partial charge in [-0.1, -0.05) is 27.7 Å². The molecule has 0 fully saturated rings. The van der Waals surface area contributed by atoms with Crippen LogP contribution in [0.2, 0.25) is 0 Å². The van der Waals surface area contributed by atoms with Gasteiger partial charge in [0, 0.05) is 24.2 Å². The predicted octanol–water partition coefficient (Wildman–Crippen LogP) is 2.95. The second-order valence-electron chi connectivity index (χ2n) is 8.57. The van der Waals surface area contributed by atoms with Crippen LogP contribution in [0.25, 0.3) is 0 Å². The molecule has 0 unspecified atom stereocenters. The van der Waals surface area contributed by atoms with E-state index in [2.05, 4.69) is 10.6 Å². The number of alkyl carbamates (subject to hydrolysis) is 2. The molecule has 184 valence electrons. The molecule has 0 saturated heterocycles. The van der Waals surface area contributed by atoms with E-state index in [0.717, 1.165) is 12.2 Å². The minimum atomic E-state index is -0.784. The third-order valence-corrected chi connectivity index (χ3v) is 3.95. The van der Waals surface area contributed by atoms with Crippen LogP contribution in [-0.4, -0.2) is 61.6 Å². The number of hydrogen-bond donors (Lipinski definition) is 2. The SMILES string of the molecule is CC(C)NC(=O)O[C@@H](COC(=O)/C=C/C(=O)OC[C@H](OC(=O)NC(C)C)C(C)C)C(C)C. The first kappa shape index (κ1) is 29.2. The highest BCUT2D eigenvalue weighted by atomic mass is 16.6. The largest absolute Gasteiger partial charge is 0.459 e. The van der Waals surface area contributed by atoms with Gasteiger partial charge in [0.15, 0.2) is 0 Å². The Bertz CT molecular complexity index is 590. The molecule has 0 aromatic rings. The van der Waals surface area contributed by atoms with Gasteiger partial charge in [0.2, 0.25) is 0 Å². The second kappa shape index (κ2) is 15.1. The van der Waals surface area contributed by atoms with E-state index in [9.17, 15) is 19.2 Å². The van der Waals surface area contributed by atoms with Crippen molar-refractivity contribution in [2.75, 3.05) is 13.2 Å². The molecule has 0 bridgehead atoms. The molecule has 0 rings (SSSR count). The average Bonchev–Trinajstić information content (AvgIpc) is 2.64. The van der Waals surface area contributed by atoms with Gasteiger partial charge in [-0.3, -0.25) is 0 Å². The van der Waals surface area contributed by atoms with Gasteiger partial charge in [-0.15, -0.1) is 0 Å². The van der Waals surface area contributed by atoms with Crippen LogP contribution >= 0.6 is 0 Å². The first-order chi connectivity index (χ1) is 14.8. The number of carbonyl (C=O) groups excluding carboxylic acids is 4. The summed E-state index contributed by atoms with van der Waals surface area (Å²) in [5.74, 6) is -1.74. The van der Waals surface area contributed by atoms with Crippen molar-refractivity contribution in [3.63, 3.8) is 0 Å². The molecular formula is C22H38N2O8. The van der Waals surface area contributed by atoms with Crippen molar-refractivity contribution >= 4 is 24.1 Å². The van der Waals surface area contributed by atoms with Gasteiger partial charge in [-0.05, 0) is 39.5 Å². The van der Waals surface area contributed by atoms with Crippen molar-refractivity contribution in [3.8, 4) is 0 Å². The number of esters is 2. The highest BCUT2D eigenvalue weighted by Crippen LogP contribution is 2.09. The Hall–Kier alpha value is -2.78. The number of hydrogen-bond acceptors (Lipinski definition) is 8. The first-order valence-corrected chi connectivity index (χ1v) is 10.8. The quantitative estimate of drug-likeness (QED) is 0.259. The fraction of sp³-hybridized carbons (Fsp3) is 0.727. The fourth-order valence-corrected chi connectivity index (χ4v) is 2.10. The zero-order valence-corrected chi connectivity index (χ0v) is 20.3. The molecule has 2 atom stereocenters. The Labute approximate surface area is 190 Å². The van der Waals surface area contributed by atoms with Crippen molar-refractivity contribution in [3.05, 3.63) is 12.2 Å². The monoisotopic (exact) mass is 458 g/mol. The Morgan fingerprint density at radius 1 is 0.625 bits per heavy atom. The number of ether oxygens (including phenoxy) is 4. The Kier molecular flexibility index (Phi) is 13.8. The van der Waals surface area contributed by atoms with Crippen molar-refractivity contribution < 1.29 is 38.1 Å². The van der Waals surface area contributed by atoms with E-state index in [4.69, 9.17) is 18.9 Å². The molecule has 0 radical (unpaired) electrons. The molecule has 10 nitrogen and oxygen atoms in total. The predicted molar refractivity (Wildman–Crippen MR) is 118 cm³/mol. The Morgan fingerprint density at radius 2 is 0.938 bits per heavy atom. The lowest BCUT2D eigenvalue weighted by atomic mass is 10.1. The van der Waals surface area contributed by atoms with Crippen LogP contribution in [0.4, 0.5) is 9.59 Å². The second-order valence-corrected chi connectivity index (χ2v) is 8.57. The zero-order chi connectivity index (χ0) is 24.8. The maximum absolute atomic E-state index is 11.9. The molecular weight excluding hydrogens is 420 g/mol. The van der Waals surface area contributed by atoms with Crippen LogP contribution in [0, 0.1) is 11.8 Å². The lowest BCUT2D eigenvalue weighted by Gasteiger charge is -2.22. The van der Waals surface area contributed by atoms with E-state index >= 15 is 0 Å². The van der Waals surface area contributed by atoms with Gasteiger partial charge in [0.25, 0.3) is 0 Å². The summed E-state index contributed by atoms with van der Waals surface area (Å²) in [4.78, 5) is 47.2. The average molecular weight is 459 g/mol. The van der Waals surface area contributed by atoms with E-state index < -0.39 is 36.3 Å². The molecule has 0 heterocycles. The molecule has 2 N–H and O–H groups in total. The van der Waals surface area contributed by atoms with Gasteiger partial charge in [0.05, 0.1) is 0 Å². The molecule has 0 aliphatic heterocycles. The molecule has 0 aromatic carbocycles. The molecule has 0 spiro atoms. The van der Waals surface area contributed by atoms with Crippen LogP contribution in [-0.2, 0) is 28.5 Å². The third kappa shape index (κ3) is 14.3. The smallest absolute Gasteiger partial charge is 0.407 e. The van der Waals surface area contributed by atoms with Crippen molar-refractivity contribution in [2.24, 2.45) is 11.8 Å². The van der Waals surface area contributed by atoms with E-state index in [0.29, 0.717) is 0 Å². The summed E-state index contributed by atoms with van der Waals surface area (Å²) in [6.45, 7) is 14.2. The standard InChI is InChI=1S/C22H38N2O8/c1-13(2)17(31-21(27)23-15(5)6)11-29-19(25)9-10-20(26)30-12-18(14(3)4)32-22(28)24-16(7)8/h9-10,13-18H,11-12H2,1-8H3,(H,23,27)(H,24,28)/b10-9+/t17-,18-/m0/s1. The highest BCUT2D eigenvalue weighted by molar-refractivity contribution is 5.91. The summed E-state index contributed by atoms with van der Waals surface area (Å²) in [6, 6.07) is -0.172. The minimum absolute atomic E-state index is 0.0860. The van der Waals surface area contributed by atoms with Crippen LogP contribution in [0.5, 0.6) is 0 Å². The summed E-state index contributed by atoms with van der Waals surface area (Å²) in [7, 11) is 0. The highest BCUT2D eigenvalue weighted by Gasteiger charge is 2.22. The topological polar surface area (TPSA) is 129 Å². The molecule has 0 saturated carbocycles. The summed E-state index contributed by atoms with van der Waals surface area (Å²) in [5, 5.41) is 5.19. The molecule has 2 amide bonds. The van der Waals surface area contributed by atoms with Crippen molar-refractivity contribution in [1.82, 2.24) is 10.6 Å². The summed E-state index contributed by atoms with van der Waals surface area (Å²) < 4.78 is 20.6. The van der Waals surface area contributed by atoms with Crippen LogP contribution in [0.3, 0.4) is 0 Å². The van der Waals surface area contributed by atoms with Gasteiger partial charge < -0.3 is 29.6 Å². The summed E-state index contributed by atoms with van der Waals surface area (Å²) >= 11 is 0. The van der Waals surface area contributed by atoms with Gasteiger partial charge in [-0.2, -0.15) is 0 Å². The first-order valence-electron chi connectivity index (χ1n) is 10.8. The maximum atomic E-state index is 11.9. The van der Waals surface area contributed by atoms with Gasteiger partial charge >= 0.3 is 24.1 Å². The number of amides is 2. The molecule has 0 aliphatic rings. The lowest BCUT2D eigenvalue weighted by Crippen LogP contribution is -2.37. The maximum Gasteiger partial charge on any atom is 0.407 e. The lowest BCUT2D eigenvalue weighted by molar-refractivity contribution is -0.144. The van der Waals surface area contributed by atoms with E-state index in [1.54, 1.807) is 27.7 Å². The summed E-state index contributed by atoms with van der Waals surface area (Å²) in [6.07, 6.45) is -0.636. The molecule has 32 heavy (non-hydrogen) atoms. The Balaban J connectivity index is 4.55. The number of nitrogens with one attached hydrogen (secondary N) is 2. The zero-order valence-electron chi connectivity index (χ0n) is 20.3. The third-order valence-electron chi connectivity index (χ3n) is 3.95. The molecule has 10 heteroatoms. The van der Waals surface area contributed by atoms with E-state index in [1.165, 1.54) is 0 Å². The normalized spacial score (nSPS) is 13.2. The summed E-state index contributed by atoms with van der Waals surface area (Å²) in [5.41, 5.74) is 0. The minimum Gasteiger partial charge on any atom is -0.459 e. The molecule has 0 aromatic heterocycles. The van der Waals surface area contributed by atoms with Crippen LogP contribution < -0.4 is 10.6 Å². The van der Waals surface area contributed by atoms with Gasteiger partial charge in [-0.25, -0.2) is 19.2 Å². The van der Waals surface area contributed by atoms with Crippen LogP contribution in [0.1, 0.15) is 55.4 Å². The number of carbonyl (C=O) groups is 4. The van der Waals surface area contributed by atoms with Crippen molar-refractivity contribution in [1.29, 1.82) is 0 Å². The number of rotatable bonds is 12. The Morgan fingerprint density at radius 3 is 1.19 bits per heavy atom. The van der Waals surface area contributed by atoms with E-state index in [1.807, 2.05) is 27.7 Å². The van der Waals surface area contributed by atoms with Gasteiger partial charge in [0.1, 0.15) is 25.4 Å². The van der Waals surface area contributed by atoms with E-state index in [-0.39, 0.29) is 37.1 Å². The van der Waals surface area contributed by atoms with Crippen molar-refractivity contribution in [2.45, 2.75) is 79.7 Å². The molecule has 0 aliphatic carbocycles. The van der Waals surface area contributed by atoms with Crippen LogP contribution in [0.15, 0.2) is 12.2 Å².